The van der Waals surface area contributed by atoms with E-state index >= 15 is 0 Å². The molecule has 0 aliphatic carbocycles. The maximum atomic E-state index is 12.9. The van der Waals surface area contributed by atoms with Crippen LogP contribution in [0, 0.1) is 0 Å². The maximum absolute atomic E-state index is 12.9. The molecule has 0 aliphatic rings. The van der Waals surface area contributed by atoms with Gasteiger partial charge < -0.3 is 10.1 Å². The number of rotatable bonds is 10. The molecule has 0 saturated heterocycles. The van der Waals surface area contributed by atoms with Gasteiger partial charge in [0.1, 0.15) is 5.75 Å². The number of hydrogen-bond acceptors (Lipinski definition) is 5. The minimum absolute atomic E-state index is 0.0745. The molecule has 7 nitrogen and oxygen atoms in total. The zero-order valence-corrected chi connectivity index (χ0v) is 21.1. The van der Waals surface area contributed by atoms with Gasteiger partial charge in [-0.25, -0.2) is 13.1 Å². The van der Waals surface area contributed by atoms with Crippen LogP contribution in [0.1, 0.15) is 21.5 Å². The Labute approximate surface area is 220 Å². The second-order valence-electron chi connectivity index (χ2n) is 8.00. The normalized spacial score (nSPS) is 11.1. The van der Waals surface area contributed by atoms with Crippen molar-refractivity contribution in [1.29, 1.82) is 0 Å². The SMILES string of the molecule is O=C(COc1ccc(S(=O)(=O)NCc2ccccc2)cc1)Nc1ccc(Cl)cc1C(=O)c1ccccc1. The van der Waals surface area contributed by atoms with Gasteiger partial charge in [0.15, 0.2) is 12.4 Å². The van der Waals surface area contributed by atoms with Crippen LogP contribution < -0.4 is 14.8 Å². The number of carbonyl (C=O) groups excluding carboxylic acids is 2. The molecule has 0 aromatic heterocycles. The van der Waals surface area contributed by atoms with Crippen molar-refractivity contribution in [2.75, 3.05) is 11.9 Å². The smallest absolute Gasteiger partial charge is 0.262 e. The topological polar surface area (TPSA) is 102 Å². The van der Waals surface area contributed by atoms with Crippen molar-refractivity contribution in [3.05, 3.63) is 125 Å². The van der Waals surface area contributed by atoms with Gasteiger partial charge in [0.2, 0.25) is 10.0 Å². The molecule has 0 radical (unpaired) electrons. The molecule has 2 N–H and O–H groups in total. The predicted molar refractivity (Wildman–Crippen MR) is 142 cm³/mol. The van der Waals surface area contributed by atoms with Crippen molar-refractivity contribution in [3.63, 3.8) is 0 Å². The van der Waals surface area contributed by atoms with E-state index in [4.69, 9.17) is 16.3 Å². The van der Waals surface area contributed by atoms with Gasteiger partial charge in [-0.2, -0.15) is 0 Å². The molecule has 9 heteroatoms. The summed E-state index contributed by atoms with van der Waals surface area (Å²) in [4.78, 5) is 25.5. The number of sulfonamides is 1. The summed E-state index contributed by atoms with van der Waals surface area (Å²) < 4.78 is 33.1. The van der Waals surface area contributed by atoms with Crippen LogP contribution in [0.15, 0.2) is 108 Å². The molecule has 0 spiro atoms. The summed E-state index contributed by atoms with van der Waals surface area (Å²) in [6, 6.07) is 28.2. The van der Waals surface area contributed by atoms with E-state index in [-0.39, 0.29) is 29.4 Å². The first-order valence-corrected chi connectivity index (χ1v) is 13.1. The molecule has 0 bridgehead atoms. The third-order valence-electron chi connectivity index (χ3n) is 5.35. The van der Waals surface area contributed by atoms with Crippen LogP contribution in [0.25, 0.3) is 0 Å². The number of nitrogens with one attached hydrogen (secondary N) is 2. The fourth-order valence-corrected chi connectivity index (χ4v) is 4.66. The summed E-state index contributed by atoms with van der Waals surface area (Å²) in [5, 5.41) is 3.04. The van der Waals surface area contributed by atoms with E-state index in [1.165, 1.54) is 30.3 Å². The highest BCUT2D eigenvalue weighted by Gasteiger charge is 2.17. The number of amides is 1. The molecule has 0 aliphatic heterocycles. The number of ketones is 1. The van der Waals surface area contributed by atoms with Crippen LogP contribution in [0.5, 0.6) is 5.75 Å². The van der Waals surface area contributed by atoms with Crippen LogP contribution in [0.2, 0.25) is 5.02 Å². The molecule has 0 fully saturated rings. The van der Waals surface area contributed by atoms with Gasteiger partial charge in [-0.3, -0.25) is 9.59 Å². The van der Waals surface area contributed by atoms with Gasteiger partial charge in [-0.15, -0.1) is 0 Å². The fraction of sp³-hybridized carbons (Fsp3) is 0.0714. The lowest BCUT2D eigenvalue weighted by atomic mass is 10.0. The molecule has 0 unspecified atom stereocenters. The van der Waals surface area contributed by atoms with Crippen molar-refractivity contribution in [2.24, 2.45) is 0 Å². The minimum Gasteiger partial charge on any atom is -0.484 e. The Kier molecular flexibility index (Phi) is 8.35. The molecule has 37 heavy (non-hydrogen) atoms. The molecule has 4 aromatic rings. The van der Waals surface area contributed by atoms with Crippen molar-refractivity contribution >= 4 is 39.0 Å². The van der Waals surface area contributed by atoms with Gasteiger partial charge in [-0.1, -0.05) is 72.3 Å². The van der Waals surface area contributed by atoms with Gasteiger partial charge in [-0.05, 0) is 48.0 Å². The summed E-state index contributed by atoms with van der Waals surface area (Å²) in [7, 11) is -3.71. The summed E-state index contributed by atoms with van der Waals surface area (Å²) in [6.07, 6.45) is 0. The second kappa shape index (κ2) is 11.8. The quantitative estimate of drug-likeness (QED) is 0.277. The number of anilines is 1. The van der Waals surface area contributed by atoms with Crippen molar-refractivity contribution in [2.45, 2.75) is 11.4 Å². The Morgan fingerprint density at radius 2 is 1.46 bits per heavy atom. The molecule has 188 valence electrons. The molecule has 4 aromatic carbocycles. The van der Waals surface area contributed by atoms with Gasteiger partial charge in [0, 0.05) is 22.7 Å². The molecule has 0 atom stereocenters. The van der Waals surface area contributed by atoms with Crippen LogP contribution in [-0.4, -0.2) is 26.7 Å². The lowest BCUT2D eigenvalue weighted by molar-refractivity contribution is -0.118. The first-order valence-electron chi connectivity index (χ1n) is 11.3. The number of carbonyl (C=O) groups is 2. The average molecular weight is 535 g/mol. The van der Waals surface area contributed by atoms with Gasteiger partial charge in [0.25, 0.3) is 5.91 Å². The molecular formula is C28H23ClN2O5S. The van der Waals surface area contributed by atoms with E-state index in [9.17, 15) is 18.0 Å². The number of hydrogen-bond donors (Lipinski definition) is 2. The highest BCUT2D eigenvalue weighted by Crippen LogP contribution is 2.24. The maximum Gasteiger partial charge on any atom is 0.262 e. The number of halogens is 1. The minimum atomic E-state index is -3.71. The first kappa shape index (κ1) is 26.1. The van der Waals surface area contributed by atoms with Crippen molar-refractivity contribution in [1.82, 2.24) is 4.72 Å². The van der Waals surface area contributed by atoms with E-state index in [0.29, 0.717) is 22.0 Å². The van der Waals surface area contributed by atoms with Crippen LogP contribution in [-0.2, 0) is 21.4 Å². The zero-order chi connectivity index (χ0) is 26.3. The molecule has 0 saturated carbocycles. The Morgan fingerprint density at radius 3 is 2.14 bits per heavy atom. The van der Waals surface area contributed by atoms with E-state index in [0.717, 1.165) is 5.56 Å². The van der Waals surface area contributed by atoms with Crippen LogP contribution >= 0.6 is 11.6 Å². The highest BCUT2D eigenvalue weighted by molar-refractivity contribution is 7.89. The zero-order valence-electron chi connectivity index (χ0n) is 19.6. The molecule has 4 rings (SSSR count). The third kappa shape index (κ3) is 7.04. The van der Waals surface area contributed by atoms with Crippen LogP contribution in [0.4, 0.5) is 5.69 Å². The highest BCUT2D eigenvalue weighted by atomic mass is 35.5. The Bertz CT molecular complexity index is 1490. The molecular weight excluding hydrogens is 512 g/mol. The summed E-state index contributed by atoms with van der Waals surface area (Å²) >= 11 is 6.08. The Balaban J connectivity index is 1.36. The summed E-state index contributed by atoms with van der Waals surface area (Å²) in [5.41, 5.74) is 1.86. The van der Waals surface area contributed by atoms with E-state index in [1.54, 1.807) is 42.5 Å². The number of ether oxygens (including phenoxy) is 1. The second-order valence-corrected chi connectivity index (χ2v) is 10.2. The fourth-order valence-electron chi connectivity index (χ4n) is 3.47. The number of benzene rings is 4. The van der Waals surface area contributed by atoms with Crippen LogP contribution in [0.3, 0.4) is 0 Å². The first-order chi connectivity index (χ1) is 17.8. The third-order valence-corrected chi connectivity index (χ3v) is 7.00. The lowest BCUT2D eigenvalue weighted by Crippen LogP contribution is -2.23. The van der Waals surface area contributed by atoms with Gasteiger partial charge in [0.05, 0.1) is 10.6 Å². The van der Waals surface area contributed by atoms with Gasteiger partial charge >= 0.3 is 0 Å². The van der Waals surface area contributed by atoms with E-state index in [1.807, 2.05) is 30.3 Å². The van der Waals surface area contributed by atoms with E-state index in [2.05, 4.69) is 10.0 Å². The Morgan fingerprint density at radius 1 is 0.811 bits per heavy atom. The largest absolute Gasteiger partial charge is 0.484 e. The molecule has 0 heterocycles. The van der Waals surface area contributed by atoms with Crippen molar-refractivity contribution < 1.29 is 22.7 Å². The monoisotopic (exact) mass is 534 g/mol. The Hall–Kier alpha value is -3.98. The summed E-state index contributed by atoms with van der Waals surface area (Å²) in [5.74, 6) is -0.462. The summed E-state index contributed by atoms with van der Waals surface area (Å²) in [6.45, 7) is -0.180. The van der Waals surface area contributed by atoms with Crippen molar-refractivity contribution in [3.8, 4) is 5.75 Å². The average Bonchev–Trinajstić information content (AvgIpc) is 2.93. The van der Waals surface area contributed by atoms with E-state index < -0.39 is 15.9 Å². The predicted octanol–water partition coefficient (Wildman–Crippen LogP) is 5.07. The molecule has 1 amide bonds. The lowest BCUT2D eigenvalue weighted by Gasteiger charge is -2.12. The standard InChI is InChI=1S/C28H23ClN2O5S/c29-22-11-16-26(25(17-22)28(33)21-9-5-2-6-10-21)31-27(32)19-36-23-12-14-24(15-13-23)37(34,35)30-18-20-7-3-1-4-8-20/h1-17,30H,18-19H2,(H,31,32).